The van der Waals surface area contributed by atoms with Crippen molar-refractivity contribution in [2.75, 3.05) is 0 Å². The smallest absolute Gasteiger partial charge is 0.165 e. The lowest BCUT2D eigenvalue weighted by molar-refractivity contribution is 0.0904. The number of carbonyl (C=O) groups is 1. The first-order valence-electron chi connectivity index (χ1n) is 6.82. The maximum Gasteiger partial charge on any atom is 0.165 e. The van der Waals surface area contributed by atoms with E-state index in [1.165, 1.54) is 0 Å². The summed E-state index contributed by atoms with van der Waals surface area (Å²) in [5.74, 6) is 0.446. The van der Waals surface area contributed by atoms with Gasteiger partial charge in [-0.2, -0.15) is 0 Å². The molecule has 0 aromatic heterocycles. The normalized spacial score (nSPS) is 11.0. The average Bonchev–Trinajstić information content (AvgIpc) is 2.34. The first kappa shape index (κ1) is 15.2. The number of hydrogen-bond donors (Lipinski definition) is 0. The summed E-state index contributed by atoms with van der Waals surface area (Å²) in [7, 11) is 0. The third-order valence-electron chi connectivity index (χ3n) is 3.37. The Bertz CT molecular complexity index is 394. The fraction of sp³-hybridized carbons (Fsp3) is 0.562. The summed E-state index contributed by atoms with van der Waals surface area (Å²) in [4.78, 5) is 12.5. The first-order chi connectivity index (χ1) is 8.51. The topological polar surface area (TPSA) is 17.1 Å². The molecule has 0 aliphatic carbocycles. The molecular weight excluding hydrogens is 244 g/mol. The molecule has 0 heterocycles. The molecule has 0 fully saturated rings. The third-order valence-corrected chi connectivity index (χ3v) is 3.96. The fourth-order valence-corrected chi connectivity index (χ4v) is 2.54. The van der Waals surface area contributed by atoms with E-state index in [1.54, 1.807) is 0 Å². The maximum absolute atomic E-state index is 12.5. The molecule has 1 rings (SSSR count). The van der Waals surface area contributed by atoms with Crippen molar-refractivity contribution in [3.63, 3.8) is 0 Å². The van der Waals surface area contributed by atoms with Gasteiger partial charge in [-0.05, 0) is 49.9 Å². The summed E-state index contributed by atoms with van der Waals surface area (Å²) in [6.07, 6.45) is 4.07. The number of hydrogen-bond acceptors (Lipinski definition) is 1. The van der Waals surface area contributed by atoms with E-state index in [4.69, 9.17) is 11.6 Å². The van der Waals surface area contributed by atoms with Crippen molar-refractivity contribution < 1.29 is 4.79 Å². The van der Waals surface area contributed by atoms with Gasteiger partial charge in [0.25, 0.3) is 0 Å². The molecule has 0 unspecified atom stereocenters. The summed E-state index contributed by atoms with van der Waals surface area (Å²) in [6.45, 7) is 8.18. The standard InChI is InChI=1S/C16H23ClO/c1-5-7-13(8-6-2)16(18)14-9-11(3)15(17)12(4)10-14/h9-10,13H,5-8H2,1-4H3. The van der Waals surface area contributed by atoms with Crippen LogP contribution in [0.25, 0.3) is 0 Å². The molecule has 0 spiro atoms. The molecule has 1 aromatic carbocycles. The molecule has 2 heteroatoms. The quantitative estimate of drug-likeness (QED) is 0.634. The molecule has 0 saturated carbocycles. The van der Waals surface area contributed by atoms with E-state index in [2.05, 4.69) is 13.8 Å². The SMILES string of the molecule is CCCC(CCC)C(=O)c1cc(C)c(Cl)c(C)c1. The van der Waals surface area contributed by atoms with Gasteiger partial charge in [0.05, 0.1) is 0 Å². The number of aryl methyl sites for hydroxylation is 2. The summed E-state index contributed by atoms with van der Waals surface area (Å²) in [6, 6.07) is 3.85. The number of Topliss-reactive ketones (excluding diaryl/α,β-unsaturated/α-hetero) is 1. The highest BCUT2D eigenvalue weighted by Crippen LogP contribution is 2.25. The molecule has 0 N–H and O–H groups in total. The van der Waals surface area contributed by atoms with Crippen molar-refractivity contribution in [1.29, 1.82) is 0 Å². The number of benzene rings is 1. The van der Waals surface area contributed by atoms with Crippen LogP contribution in [0.4, 0.5) is 0 Å². The molecule has 0 bridgehead atoms. The second kappa shape index (κ2) is 6.94. The highest BCUT2D eigenvalue weighted by atomic mass is 35.5. The summed E-state index contributed by atoms with van der Waals surface area (Å²) in [5.41, 5.74) is 2.81. The van der Waals surface area contributed by atoms with Gasteiger partial charge < -0.3 is 0 Å². The van der Waals surface area contributed by atoms with Crippen LogP contribution in [0.3, 0.4) is 0 Å². The fourth-order valence-electron chi connectivity index (χ4n) is 2.43. The minimum absolute atomic E-state index is 0.167. The van der Waals surface area contributed by atoms with E-state index < -0.39 is 0 Å². The van der Waals surface area contributed by atoms with Gasteiger partial charge in [0.15, 0.2) is 5.78 Å². The maximum atomic E-state index is 12.5. The molecule has 1 nitrogen and oxygen atoms in total. The lowest BCUT2D eigenvalue weighted by Gasteiger charge is -2.15. The van der Waals surface area contributed by atoms with Crippen LogP contribution in [0.1, 0.15) is 61.0 Å². The number of carbonyl (C=O) groups excluding carboxylic acids is 1. The van der Waals surface area contributed by atoms with Crippen molar-refractivity contribution in [1.82, 2.24) is 0 Å². The van der Waals surface area contributed by atoms with Gasteiger partial charge in [-0.1, -0.05) is 38.3 Å². The summed E-state index contributed by atoms with van der Waals surface area (Å²) < 4.78 is 0. The Morgan fingerprint density at radius 2 is 1.56 bits per heavy atom. The van der Waals surface area contributed by atoms with E-state index in [-0.39, 0.29) is 11.7 Å². The van der Waals surface area contributed by atoms with Crippen molar-refractivity contribution >= 4 is 17.4 Å². The Labute approximate surface area is 116 Å². The second-order valence-electron chi connectivity index (χ2n) is 5.06. The second-order valence-corrected chi connectivity index (χ2v) is 5.44. The molecule has 100 valence electrons. The van der Waals surface area contributed by atoms with Crippen LogP contribution in [0.5, 0.6) is 0 Å². The zero-order chi connectivity index (χ0) is 13.7. The minimum Gasteiger partial charge on any atom is -0.294 e. The van der Waals surface area contributed by atoms with Gasteiger partial charge in [0.1, 0.15) is 0 Å². The largest absolute Gasteiger partial charge is 0.294 e. The number of rotatable bonds is 6. The van der Waals surface area contributed by atoms with E-state index in [1.807, 2.05) is 26.0 Å². The van der Waals surface area contributed by atoms with Crippen LogP contribution in [-0.4, -0.2) is 5.78 Å². The minimum atomic E-state index is 0.167. The number of halogens is 1. The lowest BCUT2D eigenvalue weighted by Crippen LogP contribution is -2.15. The van der Waals surface area contributed by atoms with Crippen molar-refractivity contribution in [3.05, 3.63) is 33.8 Å². The molecule has 1 aromatic rings. The molecule has 0 atom stereocenters. The molecule has 0 aliphatic rings. The van der Waals surface area contributed by atoms with Gasteiger partial charge >= 0.3 is 0 Å². The first-order valence-corrected chi connectivity index (χ1v) is 7.20. The predicted octanol–water partition coefficient (Wildman–Crippen LogP) is 5.36. The van der Waals surface area contributed by atoms with Crippen LogP contribution in [0.15, 0.2) is 12.1 Å². The highest BCUT2D eigenvalue weighted by Gasteiger charge is 2.19. The average molecular weight is 267 g/mol. The van der Waals surface area contributed by atoms with Crippen LogP contribution >= 0.6 is 11.6 Å². The monoisotopic (exact) mass is 266 g/mol. The van der Waals surface area contributed by atoms with Gasteiger partial charge in [0, 0.05) is 16.5 Å². The van der Waals surface area contributed by atoms with Crippen LogP contribution < -0.4 is 0 Å². The van der Waals surface area contributed by atoms with Gasteiger partial charge in [-0.3, -0.25) is 4.79 Å². The molecule has 18 heavy (non-hydrogen) atoms. The Hall–Kier alpha value is -0.820. The zero-order valence-corrected chi connectivity index (χ0v) is 12.6. The summed E-state index contributed by atoms with van der Waals surface area (Å²) >= 11 is 6.14. The molecular formula is C16H23ClO. The van der Waals surface area contributed by atoms with Crippen molar-refractivity contribution in [3.8, 4) is 0 Å². The Morgan fingerprint density at radius 3 is 1.94 bits per heavy atom. The Balaban J connectivity index is 3.01. The van der Waals surface area contributed by atoms with E-state index in [9.17, 15) is 4.79 Å². The van der Waals surface area contributed by atoms with E-state index in [0.717, 1.165) is 47.4 Å². The lowest BCUT2D eigenvalue weighted by atomic mass is 9.89. The summed E-state index contributed by atoms with van der Waals surface area (Å²) in [5, 5.41) is 0.772. The van der Waals surface area contributed by atoms with Crippen LogP contribution in [0, 0.1) is 19.8 Å². The van der Waals surface area contributed by atoms with Crippen molar-refractivity contribution in [2.45, 2.75) is 53.4 Å². The molecule has 0 amide bonds. The zero-order valence-electron chi connectivity index (χ0n) is 11.8. The van der Waals surface area contributed by atoms with Crippen LogP contribution in [-0.2, 0) is 0 Å². The van der Waals surface area contributed by atoms with E-state index in [0.29, 0.717) is 0 Å². The molecule has 0 aliphatic heterocycles. The van der Waals surface area contributed by atoms with Gasteiger partial charge in [0.2, 0.25) is 0 Å². The van der Waals surface area contributed by atoms with Gasteiger partial charge in [-0.15, -0.1) is 0 Å². The third kappa shape index (κ3) is 3.58. The number of ketones is 1. The Kier molecular flexibility index (Phi) is 5.87. The van der Waals surface area contributed by atoms with Crippen molar-refractivity contribution in [2.24, 2.45) is 5.92 Å². The highest BCUT2D eigenvalue weighted by molar-refractivity contribution is 6.32. The molecule has 0 saturated heterocycles. The Morgan fingerprint density at radius 1 is 1.11 bits per heavy atom. The molecule has 0 radical (unpaired) electrons. The van der Waals surface area contributed by atoms with E-state index >= 15 is 0 Å². The van der Waals surface area contributed by atoms with Crippen LogP contribution in [0.2, 0.25) is 5.02 Å². The van der Waals surface area contributed by atoms with Gasteiger partial charge in [-0.25, -0.2) is 0 Å². The predicted molar refractivity (Wildman–Crippen MR) is 78.6 cm³/mol.